The monoisotopic (exact) mass is 200 g/mol. The minimum atomic E-state index is 0.587. The fourth-order valence-corrected chi connectivity index (χ4v) is 1.17. The summed E-state index contributed by atoms with van der Waals surface area (Å²) in [5.74, 6) is 0. The molecule has 13 heavy (non-hydrogen) atoms. The highest BCUT2D eigenvalue weighted by Gasteiger charge is 1.93. The molecule has 3 heteroatoms. The highest BCUT2D eigenvalue weighted by atomic mass is 35.5. The molecule has 1 aromatic rings. The van der Waals surface area contributed by atoms with E-state index >= 15 is 0 Å². The number of hydrogen-bond acceptors (Lipinski definition) is 2. The van der Waals surface area contributed by atoms with Gasteiger partial charge in [0.1, 0.15) is 0 Å². The lowest BCUT2D eigenvalue weighted by Crippen LogP contribution is -2.01. The summed E-state index contributed by atoms with van der Waals surface area (Å²) in [6, 6.07) is 7.64. The third-order valence-corrected chi connectivity index (χ3v) is 1.82. The fraction of sp³-hybridized carbons (Fsp3) is 0.400. The summed E-state index contributed by atoms with van der Waals surface area (Å²) < 4.78 is 10.2. The smallest absolute Gasteiger partial charge is 0.0718 e. The van der Waals surface area contributed by atoms with Crippen LogP contribution in [0.5, 0.6) is 0 Å². The van der Waals surface area contributed by atoms with Crippen molar-refractivity contribution in [1.29, 1.82) is 0 Å². The van der Waals surface area contributed by atoms with Crippen LogP contribution in [-0.4, -0.2) is 20.3 Å². The summed E-state index contributed by atoms with van der Waals surface area (Å²) >= 11 is 5.80. The van der Waals surface area contributed by atoms with E-state index in [0.29, 0.717) is 19.8 Å². The van der Waals surface area contributed by atoms with E-state index in [1.807, 2.05) is 24.3 Å². The summed E-state index contributed by atoms with van der Waals surface area (Å²) in [5, 5.41) is 0.743. The Morgan fingerprint density at radius 2 is 2.15 bits per heavy atom. The SMILES string of the molecule is COCCOCc1cccc(Cl)c1. The van der Waals surface area contributed by atoms with Crippen LogP contribution in [0.25, 0.3) is 0 Å². The van der Waals surface area contributed by atoms with E-state index in [9.17, 15) is 0 Å². The van der Waals surface area contributed by atoms with Crippen LogP contribution in [-0.2, 0) is 16.1 Å². The van der Waals surface area contributed by atoms with Crippen molar-refractivity contribution in [2.45, 2.75) is 6.61 Å². The zero-order valence-corrected chi connectivity index (χ0v) is 8.38. The third-order valence-electron chi connectivity index (χ3n) is 1.59. The van der Waals surface area contributed by atoms with Crippen LogP contribution < -0.4 is 0 Å². The minimum absolute atomic E-state index is 0.587. The third kappa shape index (κ3) is 4.27. The summed E-state index contributed by atoms with van der Waals surface area (Å²) in [7, 11) is 1.66. The van der Waals surface area contributed by atoms with Crippen LogP contribution in [0.15, 0.2) is 24.3 Å². The Labute approximate surface area is 83.4 Å². The Morgan fingerprint density at radius 1 is 1.31 bits per heavy atom. The molecule has 0 spiro atoms. The van der Waals surface area contributed by atoms with Gasteiger partial charge in [-0.1, -0.05) is 23.7 Å². The quantitative estimate of drug-likeness (QED) is 0.680. The van der Waals surface area contributed by atoms with Crippen LogP contribution >= 0.6 is 11.6 Å². The van der Waals surface area contributed by atoms with Gasteiger partial charge in [0.2, 0.25) is 0 Å². The molecule has 0 aromatic heterocycles. The number of methoxy groups -OCH3 is 1. The average Bonchev–Trinajstić information content (AvgIpc) is 2.13. The fourth-order valence-electron chi connectivity index (χ4n) is 0.959. The van der Waals surface area contributed by atoms with Crippen molar-refractivity contribution in [3.8, 4) is 0 Å². The summed E-state index contributed by atoms with van der Waals surface area (Å²) in [6.07, 6.45) is 0. The van der Waals surface area contributed by atoms with Gasteiger partial charge in [-0.15, -0.1) is 0 Å². The first kappa shape index (κ1) is 10.5. The van der Waals surface area contributed by atoms with Gasteiger partial charge in [0, 0.05) is 12.1 Å². The van der Waals surface area contributed by atoms with Gasteiger partial charge in [0.25, 0.3) is 0 Å². The van der Waals surface area contributed by atoms with E-state index in [4.69, 9.17) is 21.1 Å². The van der Waals surface area contributed by atoms with Crippen molar-refractivity contribution >= 4 is 11.6 Å². The standard InChI is InChI=1S/C10H13ClO2/c1-12-5-6-13-8-9-3-2-4-10(11)7-9/h2-4,7H,5-6,8H2,1H3. The predicted octanol–water partition coefficient (Wildman–Crippen LogP) is 2.50. The first-order chi connectivity index (χ1) is 6.33. The minimum Gasteiger partial charge on any atom is -0.382 e. The van der Waals surface area contributed by atoms with Crippen LogP contribution in [0, 0.1) is 0 Å². The lowest BCUT2D eigenvalue weighted by molar-refractivity contribution is 0.0617. The number of ether oxygens (including phenoxy) is 2. The molecule has 0 radical (unpaired) electrons. The maximum atomic E-state index is 5.80. The van der Waals surface area contributed by atoms with E-state index in [0.717, 1.165) is 10.6 Å². The number of benzene rings is 1. The Kier molecular flexibility index (Phi) is 4.83. The molecule has 0 aliphatic carbocycles. The van der Waals surface area contributed by atoms with Crippen LogP contribution in [0.4, 0.5) is 0 Å². The van der Waals surface area contributed by atoms with Gasteiger partial charge in [-0.3, -0.25) is 0 Å². The zero-order valence-electron chi connectivity index (χ0n) is 7.63. The second-order valence-corrected chi connectivity index (χ2v) is 3.11. The van der Waals surface area contributed by atoms with Crippen LogP contribution in [0.1, 0.15) is 5.56 Å². The van der Waals surface area contributed by atoms with Gasteiger partial charge in [0.05, 0.1) is 19.8 Å². The molecule has 72 valence electrons. The van der Waals surface area contributed by atoms with Crippen molar-refractivity contribution in [3.63, 3.8) is 0 Å². The van der Waals surface area contributed by atoms with Gasteiger partial charge < -0.3 is 9.47 Å². The lowest BCUT2D eigenvalue weighted by atomic mass is 10.2. The maximum Gasteiger partial charge on any atom is 0.0718 e. The average molecular weight is 201 g/mol. The highest BCUT2D eigenvalue weighted by Crippen LogP contribution is 2.11. The molecule has 1 aromatic carbocycles. The Hall–Kier alpha value is -0.570. The molecule has 0 heterocycles. The van der Waals surface area contributed by atoms with Crippen molar-refractivity contribution in [2.24, 2.45) is 0 Å². The lowest BCUT2D eigenvalue weighted by Gasteiger charge is -2.03. The molecule has 0 N–H and O–H groups in total. The summed E-state index contributed by atoms with van der Waals surface area (Å²) in [4.78, 5) is 0. The summed E-state index contributed by atoms with van der Waals surface area (Å²) in [6.45, 7) is 1.83. The van der Waals surface area contributed by atoms with Crippen LogP contribution in [0.3, 0.4) is 0 Å². The normalized spacial score (nSPS) is 10.3. The van der Waals surface area contributed by atoms with Gasteiger partial charge in [-0.25, -0.2) is 0 Å². The molecule has 0 saturated heterocycles. The topological polar surface area (TPSA) is 18.5 Å². The molecule has 0 aliphatic heterocycles. The molecular formula is C10H13ClO2. The predicted molar refractivity (Wildman–Crippen MR) is 53.0 cm³/mol. The molecule has 0 amide bonds. The molecule has 2 nitrogen and oxygen atoms in total. The van der Waals surface area contributed by atoms with E-state index in [1.165, 1.54) is 0 Å². The number of rotatable bonds is 5. The zero-order chi connectivity index (χ0) is 9.52. The van der Waals surface area contributed by atoms with Gasteiger partial charge in [-0.05, 0) is 17.7 Å². The molecule has 0 bridgehead atoms. The Morgan fingerprint density at radius 3 is 2.85 bits per heavy atom. The second kappa shape index (κ2) is 5.97. The molecule has 0 atom stereocenters. The highest BCUT2D eigenvalue weighted by molar-refractivity contribution is 6.30. The first-order valence-electron chi connectivity index (χ1n) is 4.14. The van der Waals surface area contributed by atoms with Gasteiger partial charge >= 0.3 is 0 Å². The molecule has 0 unspecified atom stereocenters. The van der Waals surface area contributed by atoms with Crippen LogP contribution in [0.2, 0.25) is 5.02 Å². The number of hydrogen-bond donors (Lipinski definition) is 0. The van der Waals surface area contributed by atoms with E-state index in [2.05, 4.69) is 0 Å². The van der Waals surface area contributed by atoms with Gasteiger partial charge in [-0.2, -0.15) is 0 Å². The van der Waals surface area contributed by atoms with E-state index < -0.39 is 0 Å². The number of halogens is 1. The molecule has 0 fully saturated rings. The molecular weight excluding hydrogens is 188 g/mol. The van der Waals surface area contributed by atoms with Gasteiger partial charge in [0.15, 0.2) is 0 Å². The van der Waals surface area contributed by atoms with Crippen molar-refractivity contribution < 1.29 is 9.47 Å². The Bertz CT molecular complexity index is 250. The molecule has 0 aliphatic rings. The largest absolute Gasteiger partial charge is 0.382 e. The first-order valence-corrected chi connectivity index (χ1v) is 4.52. The summed E-state index contributed by atoms with van der Waals surface area (Å²) in [5.41, 5.74) is 1.09. The molecule has 0 saturated carbocycles. The maximum absolute atomic E-state index is 5.80. The van der Waals surface area contributed by atoms with Crippen molar-refractivity contribution in [3.05, 3.63) is 34.9 Å². The van der Waals surface area contributed by atoms with E-state index in [-0.39, 0.29) is 0 Å². The second-order valence-electron chi connectivity index (χ2n) is 2.68. The molecule has 1 rings (SSSR count). The van der Waals surface area contributed by atoms with Crippen molar-refractivity contribution in [2.75, 3.05) is 20.3 Å². The van der Waals surface area contributed by atoms with E-state index in [1.54, 1.807) is 7.11 Å². The Balaban J connectivity index is 2.28. The van der Waals surface area contributed by atoms with Crippen molar-refractivity contribution in [1.82, 2.24) is 0 Å².